The van der Waals surface area contributed by atoms with Crippen LogP contribution in [0.2, 0.25) is 0 Å². The first-order valence-electron chi connectivity index (χ1n) is 5.35. The molecule has 1 aliphatic heterocycles. The van der Waals surface area contributed by atoms with Gasteiger partial charge in [-0.2, -0.15) is 0 Å². The second-order valence-corrected chi connectivity index (χ2v) is 3.91. The van der Waals surface area contributed by atoms with E-state index in [2.05, 4.69) is 0 Å². The van der Waals surface area contributed by atoms with Crippen LogP contribution in [0, 0.1) is 0 Å². The van der Waals surface area contributed by atoms with Gasteiger partial charge in [-0.1, -0.05) is 42.5 Å². The van der Waals surface area contributed by atoms with Gasteiger partial charge in [-0.25, -0.2) is 0 Å². The Balaban J connectivity index is 2.28. The number of hydrogen-bond donors (Lipinski definition) is 1. The Morgan fingerprint density at radius 3 is 2.50 bits per heavy atom. The molecular weight excluding hydrogens is 200 g/mol. The molecule has 2 aromatic rings. The monoisotopic (exact) mass is 212 g/mol. The van der Waals surface area contributed by atoms with E-state index >= 15 is 0 Å². The SMILES string of the molecule is O[C@H]1COc2ccccc2-c2ccccc21. The minimum atomic E-state index is -0.552. The summed E-state index contributed by atoms with van der Waals surface area (Å²) in [5.74, 6) is 0.839. The third-order valence-electron chi connectivity index (χ3n) is 2.89. The van der Waals surface area contributed by atoms with Crippen molar-refractivity contribution >= 4 is 0 Å². The minimum Gasteiger partial charge on any atom is -0.490 e. The van der Waals surface area contributed by atoms with Gasteiger partial charge in [0.15, 0.2) is 0 Å². The molecule has 1 heterocycles. The summed E-state index contributed by atoms with van der Waals surface area (Å²) in [7, 11) is 0. The normalized spacial score (nSPS) is 17.9. The number of fused-ring (bicyclic) bond motifs is 3. The molecule has 2 nitrogen and oxygen atoms in total. The van der Waals surface area contributed by atoms with Crippen molar-refractivity contribution in [2.24, 2.45) is 0 Å². The number of benzene rings is 2. The minimum absolute atomic E-state index is 0.314. The van der Waals surface area contributed by atoms with E-state index < -0.39 is 6.10 Å². The Morgan fingerprint density at radius 2 is 1.62 bits per heavy atom. The third-order valence-corrected chi connectivity index (χ3v) is 2.89. The summed E-state index contributed by atoms with van der Waals surface area (Å²) >= 11 is 0. The van der Waals surface area contributed by atoms with Crippen LogP contribution in [0.15, 0.2) is 48.5 Å². The van der Waals surface area contributed by atoms with Crippen molar-refractivity contribution in [2.75, 3.05) is 6.61 Å². The quantitative estimate of drug-likeness (QED) is 0.727. The molecule has 0 unspecified atom stereocenters. The molecule has 0 fully saturated rings. The predicted molar refractivity (Wildman–Crippen MR) is 62.3 cm³/mol. The molecule has 0 aliphatic carbocycles. The average molecular weight is 212 g/mol. The van der Waals surface area contributed by atoms with E-state index in [1.807, 2.05) is 48.5 Å². The number of rotatable bonds is 0. The topological polar surface area (TPSA) is 29.5 Å². The van der Waals surface area contributed by atoms with Crippen molar-refractivity contribution in [2.45, 2.75) is 6.10 Å². The molecule has 2 heteroatoms. The molecule has 3 rings (SSSR count). The second kappa shape index (κ2) is 3.65. The van der Waals surface area contributed by atoms with E-state index in [1.54, 1.807) is 0 Å². The van der Waals surface area contributed by atoms with Crippen molar-refractivity contribution in [3.8, 4) is 16.9 Å². The smallest absolute Gasteiger partial charge is 0.127 e. The first kappa shape index (κ1) is 9.43. The number of hydrogen-bond acceptors (Lipinski definition) is 2. The third kappa shape index (κ3) is 1.39. The molecule has 1 atom stereocenters. The lowest BCUT2D eigenvalue weighted by atomic mass is 9.97. The highest BCUT2D eigenvalue weighted by atomic mass is 16.5. The van der Waals surface area contributed by atoms with Crippen molar-refractivity contribution in [1.82, 2.24) is 0 Å². The van der Waals surface area contributed by atoms with Gasteiger partial charge >= 0.3 is 0 Å². The summed E-state index contributed by atoms with van der Waals surface area (Å²) in [6.45, 7) is 0.314. The average Bonchev–Trinajstić information content (AvgIpc) is 2.49. The first-order chi connectivity index (χ1) is 7.86. The first-order valence-corrected chi connectivity index (χ1v) is 5.35. The van der Waals surface area contributed by atoms with Crippen LogP contribution in [0.4, 0.5) is 0 Å². The number of aliphatic hydroxyl groups is 1. The molecule has 1 N–H and O–H groups in total. The van der Waals surface area contributed by atoms with E-state index in [9.17, 15) is 5.11 Å². The van der Waals surface area contributed by atoms with Crippen LogP contribution >= 0.6 is 0 Å². The lowest BCUT2D eigenvalue weighted by molar-refractivity contribution is 0.111. The van der Waals surface area contributed by atoms with Gasteiger partial charge in [0.1, 0.15) is 18.5 Å². The van der Waals surface area contributed by atoms with Gasteiger partial charge in [0, 0.05) is 5.56 Å². The van der Waals surface area contributed by atoms with E-state index in [-0.39, 0.29) is 0 Å². The van der Waals surface area contributed by atoms with Gasteiger partial charge < -0.3 is 9.84 Å². The fourth-order valence-corrected chi connectivity index (χ4v) is 2.11. The molecule has 1 aliphatic rings. The van der Waals surface area contributed by atoms with Crippen molar-refractivity contribution in [3.05, 3.63) is 54.1 Å². The molecule has 80 valence electrons. The Labute approximate surface area is 94.1 Å². The Kier molecular flexibility index (Phi) is 2.15. The van der Waals surface area contributed by atoms with Crippen LogP contribution in [0.25, 0.3) is 11.1 Å². The maximum atomic E-state index is 9.99. The van der Waals surface area contributed by atoms with Crippen molar-refractivity contribution in [1.29, 1.82) is 0 Å². The van der Waals surface area contributed by atoms with E-state index in [1.165, 1.54) is 0 Å². The van der Waals surface area contributed by atoms with Crippen LogP contribution in [0.5, 0.6) is 5.75 Å². The standard InChI is InChI=1S/C14H12O2/c15-13-9-16-14-8-4-3-7-12(14)10-5-1-2-6-11(10)13/h1-8,13,15H,9H2/t13-/m0/s1. The molecule has 0 spiro atoms. The summed E-state index contributed by atoms with van der Waals surface area (Å²) in [6.07, 6.45) is -0.552. The molecule has 0 saturated heterocycles. The summed E-state index contributed by atoms with van der Waals surface area (Å²) < 4.78 is 5.59. The van der Waals surface area contributed by atoms with Gasteiger partial charge in [-0.3, -0.25) is 0 Å². The Morgan fingerprint density at radius 1 is 0.938 bits per heavy atom. The van der Waals surface area contributed by atoms with E-state index in [4.69, 9.17) is 4.74 Å². The maximum absolute atomic E-state index is 9.99. The van der Waals surface area contributed by atoms with Gasteiger partial charge in [0.05, 0.1) is 0 Å². The largest absolute Gasteiger partial charge is 0.490 e. The van der Waals surface area contributed by atoms with Crippen LogP contribution in [-0.4, -0.2) is 11.7 Å². The van der Waals surface area contributed by atoms with Crippen LogP contribution in [0.1, 0.15) is 11.7 Å². The number of para-hydroxylation sites is 1. The molecular formula is C14H12O2. The summed E-state index contributed by atoms with van der Waals surface area (Å²) in [6, 6.07) is 15.8. The van der Waals surface area contributed by atoms with Gasteiger partial charge in [-0.15, -0.1) is 0 Å². The van der Waals surface area contributed by atoms with Crippen molar-refractivity contribution in [3.63, 3.8) is 0 Å². The molecule has 16 heavy (non-hydrogen) atoms. The van der Waals surface area contributed by atoms with E-state index in [0.29, 0.717) is 6.61 Å². The molecule has 0 radical (unpaired) electrons. The van der Waals surface area contributed by atoms with Gasteiger partial charge in [0.2, 0.25) is 0 Å². The summed E-state index contributed by atoms with van der Waals surface area (Å²) in [5, 5.41) is 9.99. The van der Waals surface area contributed by atoms with Crippen LogP contribution in [-0.2, 0) is 0 Å². The highest BCUT2D eigenvalue weighted by Gasteiger charge is 2.20. The molecule has 2 aromatic carbocycles. The lowest BCUT2D eigenvalue weighted by Crippen LogP contribution is -2.07. The summed E-state index contributed by atoms with van der Waals surface area (Å²) in [5.41, 5.74) is 3.05. The fourth-order valence-electron chi connectivity index (χ4n) is 2.11. The second-order valence-electron chi connectivity index (χ2n) is 3.91. The maximum Gasteiger partial charge on any atom is 0.127 e. The molecule has 0 aromatic heterocycles. The highest BCUT2D eigenvalue weighted by Crippen LogP contribution is 2.37. The summed E-state index contributed by atoms with van der Waals surface area (Å²) in [4.78, 5) is 0. The van der Waals surface area contributed by atoms with Gasteiger partial charge in [-0.05, 0) is 17.2 Å². The predicted octanol–water partition coefficient (Wildman–Crippen LogP) is 2.78. The van der Waals surface area contributed by atoms with Gasteiger partial charge in [0.25, 0.3) is 0 Å². The fraction of sp³-hybridized carbons (Fsp3) is 0.143. The molecule has 0 saturated carbocycles. The highest BCUT2D eigenvalue weighted by molar-refractivity contribution is 5.74. The zero-order chi connectivity index (χ0) is 11.0. The van der Waals surface area contributed by atoms with Crippen LogP contribution < -0.4 is 4.74 Å². The number of aliphatic hydroxyl groups excluding tert-OH is 1. The van der Waals surface area contributed by atoms with Crippen molar-refractivity contribution < 1.29 is 9.84 Å². The lowest BCUT2D eigenvalue weighted by Gasteiger charge is -2.09. The number of ether oxygens (including phenoxy) is 1. The van der Waals surface area contributed by atoms with Crippen LogP contribution in [0.3, 0.4) is 0 Å². The molecule has 0 bridgehead atoms. The Bertz CT molecular complexity index is 520. The zero-order valence-corrected chi connectivity index (χ0v) is 8.76. The Hall–Kier alpha value is -1.80. The molecule has 0 amide bonds. The zero-order valence-electron chi connectivity index (χ0n) is 8.76. The van der Waals surface area contributed by atoms with E-state index in [0.717, 1.165) is 22.4 Å².